The van der Waals surface area contributed by atoms with E-state index in [0.717, 1.165) is 0 Å². The Morgan fingerprint density at radius 1 is 1.03 bits per heavy atom. The lowest BCUT2D eigenvalue weighted by atomic mass is 9.95. The molecular formula is C20H16F3N3O2S. The first-order valence-corrected chi connectivity index (χ1v) is 9.91. The molecule has 0 saturated carbocycles. The number of hydrogen-bond donors (Lipinski definition) is 1. The summed E-state index contributed by atoms with van der Waals surface area (Å²) >= 11 is 0. The van der Waals surface area contributed by atoms with E-state index in [2.05, 4.69) is 17.1 Å². The fraction of sp³-hybridized carbons (Fsp3) is 0.150. The van der Waals surface area contributed by atoms with Crippen LogP contribution in [-0.2, 0) is 16.2 Å². The van der Waals surface area contributed by atoms with Crippen LogP contribution in [0.5, 0.6) is 0 Å². The van der Waals surface area contributed by atoms with Gasteiger partial charge in [-0.15, -0.1) is 0 Å². The summed E-state index contributed by atoms with van der Waals surface area (Å²) in [5.74, 6) is 2.41. The molecule has 5 nitrogen and oxygen atoms in total. The molecule has 0 aliphatic carbocycles. The third kappa shape index (κ3) is 3.90. The molecule has 3 rings (SSSR count). The van der Waals surface area contributed by atoms with Gasteiger partial charge in [-0.25, -0.2) is 13.6 Å². The van der Waals surface area contributed by atoms with Crippen molar-refractivity contribution in [3.05, 3.63) is 59.8 Å². The maximum absolute atomic E-state index is 14.0. The van der Waals surface area contributed by atoms with Gasteiger partial charge in [-0.1, -0.05) is 48.4 Å². The quantitative estimate of drug-likeness (QED) is 0.652. The molecule has 0 aliphatic rings. The molecule has 0 unspecified atom stereocenters. The minimum atomic E-state index is -4.79. The molecule has 1 heterocycles. The van der Waals surface area contributed by atoms with E-state index in [1.165, 1.54) is 37.3 Å². The highest BCUT2D eigenvalue weighted by Crippen LogP contribution is 2.44. The predicted molar refractivity (Wildman–Crippen MR) is 103 cm³/mol. The van der Waals surface area contributed by atoms with Gasteiger partial charge in [0, 0.05) is 17.2 Å². The van der Waals surface area contributed by atoms with Crippen molar-refractivity contribution in [2.45, 2.75) is 24.9 Å². The minimum absolute atomic E-state index is 0.0320. The lowest BCUT2D eigenvalue weighted by Crippen LogP contribution is -2.13. The normalized spacial score (nSPS) is 11.8. The summed E-state index contributed by atoms with van der Waals surface area (Å²) in [6, 6.07) is 14.3. The Bertz CT molecular complexity index is 1250. The van der Waals surface area contributed by atoms with Gasteiger partial charge in [-0.05, 0) is 31.0 Å². The Morgan fingerprint density at radius 3 is 2.17 bits per heavy atom. The molecule has 0 bridgehead atoms. The first-order chi connectivity index (χ1) is 13.6. The number of primary sulfonamides is 1. The van der Waals surface area contributed by atoms with E-state index in [1.54, 1.807) is 25.1 Å². The lowest BCUT2D eigenvalue weighted by Gasteiger charge is -2.13. The zero-order valence-electron chi connectivity index (χ0n) is 15.4. The zero-order valence-corrected chi connectivity index (χ0v) is 16.3. The van der Waals surface area contributed by atoms with E-state index in [4.69, 9.17) is 5.14 Å². The molecule has 0 spiro atoms. The molecule has 0 atom stereocenters. The van der Waals surface area contributed by atoms with E-state index < -0.39 is 21.9 Å². The number of nitrogens with zero attached hydrogens (tertiary/aromatic N) is 2. The SMILES string of the molecule is CC#Cn1nc(-c2ccccc2S(N)(=O)=O)c(-c2ccccc2C)c1C(F)(F)F. The van der Waals surface area contributed by atoms with Gasteiger partial charge in [0.1, 0.15) is 5.69 Å². The number of aromatic nitrogens is 2. The molecule has 9 heteroatoms. The third-order valence-electron chi connectivity index (χ3n) is 4.23. The third-order valence-corrected chi connectivity index (χ3v) is 5.20. The first-order valence-electron chi connectivity index (χ1n) is 8.37. The Balaban J connectivity index is 2.53. The maximum atomic E-state index is 14.0. The molecule has 0 saturated heterocycles. The van der Waals surface area contributed by atoms with Crippen LogP contribution in [0.2, 0.25) is 0 Å². The van der Waals surface area contributed by atoms with Crippen molar-refractivity contribution >= 4 is 10.0 Å². The van der Waals surface area contributed by atoms with Gasteiger partial charge in [0.2, 0.25) is 10.0 Å². The van der Waals surface area contributed by atoms with Crippen LogP contribution in [-0.4, -0.2) is 18.2 Å². The maximum Gasteiger partial charge on any atom is 0.434 e. The lowest BCUT2D eigenvalue weighted by molar-refractivity contribution is -0.142. The number of alkyl halides is 3. The molecule has 0 fully saturated rings. The van der Waals surface area contributed by atoms with Crippen LogP contribution in [0, 0.1) is 18.9 Å². The van der Waals surface area contributed by atoms with E-state index >= 15 is 0 Å². The Kier molecular flexibility index (Phi) is 5.26. The monoisotopic (exact) mass is 419 g/mol. The van der Waals surface area contributed by atoms with Gasteiger partial charge in [0.05, 0.1) is 4.90 Å². The van der Waals surface area contributed by atoms with Crippen molar-refractivity contribution < 1.29 is 21.6 Å². The molecule has 0 aliphatic heterocycles. The standard InChI is InChI=1S/C20H16F3N3O2S/c1-3-12-26-19(20(21,22)23)17(14-9-5-4-8-13(14)2)18(25-26)15-10-6-7-11-16(15)29(24,27)28/h4-11H,1-2H3,(H2,24,27,28). The van der Waals surface area contributed by atoms with E-state index in [-0.39, 0.29) is 27.3 Å². The number of benzene rings is 2. The number of nitrogens with two attached hydrogens (primary N) is 1. The highest BCUT2D eigenvalue weighted by Gasteiger charge is 2.41. The van der Waals surface area contributed by atoms with Gasteiger partial charge in [0.15, 0.2) is 5.69 Å². The Labute approximate surface area is 166 Å². The van der Waals surface area contributed by atoms with Gasteiger partial charge in [-0.2, -0.15) is 23.0 Å². The molecule has 29 heavy (non-hydrogen) atoms. The second kappa shape index (κ2) is 7.39. The molecule has 2 aromatic carbocycles. The highest BCUT2D eigenvalue weighted by atomic mass is 32.2. The van der Waals surface area contributed by atoms with E-state index in [0.29, 0.717) is 10.2 Å². The van der Waals surface area contributed by atoms with Crippen LogP contribution in [0.25, 0.3) is 22.4 Å². The fourth-order valence-electron chi connectivity index (χ4n) is 3.07. The van der Waals surface area contributed by atoms with Crippen LogP contribution in [0.15, 0.2) is 53.4 Å². The van der Waals surface area contributed by atoms with Crippen molar-refractivity contribution in [2.24, 2.45) is 5.14 Å². The molecular weight excluding hydrogens is 403 g/mol. The van der Waals surface area contributed by atoms with Gasteiger partial charge >= 0.3 is 6.18 Å². The number of halogens is 3. The highest BCUT2D eigenvalue weighted by molar-refractivity contribution is 7.89. The number of hydrogen-bond acceptors (Lipinski definition) is 3. The van der Waals surface area contributed by atoms with Crippen molar-refractivity contribution in [1.29, 1.82) is 0 Å². The average molecular weight is 419 g/mol. The summed E-state index contributed by atoms with van der Waals surface area (Å²) in [6.45, 7) is 3.04. The smallest absolute Gasteiger partial charge is 0.225 e. The summed E-state index contributed by atoms with van der Waals surface area (Å²) in [4.78, 5) is -0.322. The summed E-state index contributed by atoms with van der Waals surface area (Å²) in [6.07, 6.45) is -4.79. The summed E-state index contributed by atoms with van der Waals surface area (Å²) in [7, 11) is -4.21. The summed E-state index contributed by atoms with van der Waals surface area (Å²) in [5, 5.41) is 9.32. The van der Waals surface area contributed by atoms with E-state index in [9.17, 15) is 21.6 Å². The first kappa shape index (κ1) is 20.6. The van der Waals surface area contributed by atoms with Gasteiger partial charge in [-0.3, -0.25) is 0 Å². The second-order valence-electron chi connectivity index (χ2n) is 6.20. The molecule has 1 aromatic heterocycles. The topological polar surface area (TPSA) is 78.0 Å². The largest absolute Gasteiger partial charge is 0.434 e. The van der Waals surface area contributed by atoms with Crippen LogP contribution < -0.4 is 5.14 Å². The van der Waals surface area contributed by atoms with Gasteiger partial charge in [0.25, 0.3) is 0 Å². The summed E-state index contributed by atoms with van der Waals surface area (Å²) < 4.78 is 66.8. The van der Waals surface area contributed by atoms with Crippen molar-refractivity contribution in [3.8, 4) is 34.3 Å². The number of aryl methyl sites for hydroxylation is 1. The van der Waals surface area contributed by atoms with Crippen molar-refractivity contribution in [2.75, 3.05) is 0 Å². The Hall–Kier alpha value is -3.09. The fourth-order valence-corrected chi connectivity index (χ4v) is 3.81. The minimum Gasteiger partial charge on any atom is -0.225 e. The summed E-state index contributed by atoms with van der Waals surface area (Å²) in [5.41, 5.74) is -0.705. The van der Waals surface area contributed by atoms with Gasteiger partial charge < -0.3 is 0 Å². The number of sulfonamides is 1. The Morgan fingerprint density at radius 2 is 1.62 bits per heavy atom. The predicted octanol–water partition coefficient (Wildman–Crippen LogP) is 4.02. The van der Waals surface area contributed by atoms with Crippen molar-refractivity contribution in [3.63, 3.8) is 0 Å². The average Bonchev–Trinajstić information content (AvgIpc) is 3.01. The van der Waals surface area contributed by atoms with Crippen LogP contribution in [0.1, 0.15) is 18.2 Å². The molecule has 0 amide bonds. The molecule has 150 valence electrons. The molecule has 3 aromatic rings. The van der Waals surface area contributed by atoms with E-state index in [1.807, 2.05) is 0 Å². The van der Waals surface area contributed by atoms with Crippen LogP contribution in [0.3, 0.4) is 0 Å². The number of rotatable bonds is 3. The zero-order chi connectivity index (χ0) is 21.4. The second-order valence-corrected chi connectivity index (χ2v) is 7.73. The van der Waals surface area contributed by atoms with Crippen molar-refractivity contribution in [1.82, 2.24) is 9.78 Å². The molecule has 2 N–H and O–H groups in total. The molecule has 0 radical (unpaired) electrons. The van der Waals surface area contributed by atoms with Crippen LogP contribution >= 0.6 is 0 Å². The van der Waals surface area contributed by atoms with Crippen LogP contribution in [0.4, 0.5) is 13.2 Å².